The third kappa shape index (κ3) is 3.02. The molecule has 0 radical (unpaired) electrons. The lowest BCUT2D eigenvalue weighted by Gasteiger charge is -2.24. The van der Waals surface area contributed by atoms with Crippen LogP contribution >= 0.6 is 0 Å². The number of aromatic nitrogens is 4. The molecule has 8 nitrogen and oxygen atoms in total. The first kappa shape index (κ1) is 16.5. The summed E-state index contributed by atoms with van der Waals surface area (Å²) in [6, 6.07) is 1.78. The minimum absolute atomic E-state index is 0.215. The van der Waals surface area contributed by atoms with E-state index in [-0.39, 0.29) is 12.0 Å². The van der Waals surface area contributed by atoms with Crippen molar-refractivity contribution in [3.05, 3.63) is 23.0 Å². The van der Waals surface area contributed by atoms with Gasteiger partial charge in [-0.25, -0.2) is 9.78 Å². The lowest BCUT2D eigenvalue weighted by atomic mass is 10.2. The Morgan fingerprint density at radius 2 is 2.15 bits per heavy atom. The largest absolute Gasteiger partial charge is 0.467 e. The van der Waals surface area contributed by atoms with Crippen LogP contribution in [0.15, 0.2) is 6.07 Å². The van der Waals surface area contributed by atoms with Gasteiger partial charge in [0.15, 0.2) is 5.82 Å². The molecule has 1 saturated carbocycles. The number of hydrogen-bond donors (Lipinski definition) is 2. The molecule has 2 aromatic heterocycles. The van der Waals surface area contributed by atoms with Gasteiger partial charge in [-0.05, 0) is 44.9 Å². The number of hydrogen-bond acceptors (Lipinski definition) is 7. The van der Waals surface area contributed by atoms with E-state index in [9.17, 15) is 4.79 Å². The third-order valence-electron chi connectivity index (χ3n) is 5.77. The zero-order valence-electron chi connectivity index (χ0n) is 15.5. The number of aromatic amines is 1. The van der Waals surface area contributed by atoms with Crippen LogP contribution in [0.2, 0.25) is 0 Å². The molecule has 5 rings (SSSR count). The van der Waals surface area contributed by atoms with Crippen molar-refractivity contribution in [1.29, 1.82) is 0 Å². The van der Waals surface area contributed by atoms with E-state index < -0.39 is 0 Å². The van der Waals surface area contributed by atoms with Gasteiger partial charge in [-0.3, -0.25) is 5.10 Å². The third-order valence-corrected chi connectivity index (χ3v) is 5.77. The van der Waals surface area contributed by atoms with Gasteiger partial charge in [0.05, 0.1) is 12.8 Å². The van der Waals surface area contributed by atoms with Crippen molar-refractivity contribution in [2.24, 2.45) is 0 Å². The molecule has 2 N–H and O–H groups in total. The first-order valence-electron chi connectivity index (χ1n) is 9.79. The van der Waals surface area contributed by atoms with Crippen molar-refractivity contribution >= 4 is 23.6 Å². The molecule has 0 aromatic carbocycles. The standard InChI is InChI=1S/C19H24N6O2/c1-27-18(26)15-6-3-9-25(15)19-20-13-5-2-4-12(13)17(22-19)21-16-10-14(23-24-16)11-7-8-11/h10-11,15H,2-9H2,1H3,(H2,20,21,22,23,24). The van der Waals surface area contributed by atoms with E-state index in [4.69, 9.17) is 14.7 Å². The number of fused-ring (bicyclic) bond motifs is 1. The van der Waals surface area contributed by atoms with E-state index in [0.717, 1.165) is 56.0 Å². The summed E-state index contributed by atoms with van der Waals surface area (Å²) in [5.41, 5.74) is 3.44. The van der Waals surface area contributed by atoms with Crippen LogP contribution in [0.1, 0.15) is 55.0 Å². The first-order chi connectivity index (χ1) is 13.2. The number of nitrogens with zero attached hydrogens (tertiary/aromatic N) is 4. The normalized spacial score (nSPS) is 21.4. The summed E-state index contributed by atoms with van der Waals surface area (Å²) in [7, 11) is 1.43. The summed E-state index contributed by atoms with van der Waals surface area (Å²) >= 11 is 0. The molecule has 0 bridgehead atoms. The number of H-pyrrole nitrogens is 1. The Bertz CT molecular complexity index is 875. The van der Waals surface area contributed by atoms with Crippen LogP contribution in [0, 0.1) is 0 Å². The number of rotatable bonds is 5. The molecule has 1 unspecified atom stereocenters. The van der Waals surface area contributed by atoms with Crippen LogP contribution in [-0.4, -0.2) is 45.8 Å². The second-order valence-electron chi connectivity index (χ2n) is 7.63. The molecule has 2 aromatic rings. The van der Waals surface area contributed by atoms with E-state index in [1.54, 1.807) is 0 Å². The van der Waals surface area contributed by atoms with Gasteiger partial charge in [0.25, 0.3) is 0 Å². The molecule has 2 fully saturated rings. The predicted molar refractivity (Wildman–Crippen MR) is 100 cm³/mol. The van der Waals surface area contributed by atoms with Gasteiger partial charge < -0.3 is 15.0 Å². The number of ether oxygens (including phenoxy) is 1. The molecule has 0 spiro atoms. The van der Waals surface area contributed by atoms with E-state index in [1.807, 2.05) is 4.90 Å². The Morgan fingerprint density at radius 3 is 2.96 bits per heavy atom. The van der Waals surface area contributed by atoms with Gasteiger partial charge in [-0.2, -0.15) is 10.1 Å². The zero-order valence-corrected chi connectivity index (χ0v) is 15.5. The monoisotopic (exact) mass is 368 g/mol. The lowest BCUT2D eigenvalue weighted by molar-refractivity contribution is -0.141. The fourth-order valence-corrected chi connectivity index (χ4v) is 4.16. The highest BCUT2D eigenvalue weighted by Gasteiger charge is 2.34. The molecule has 3 aliphatic rings. The number of esters is 1. The summed E-state index contributed by atoms with van der Waals surface area (Å²) in [4.78, 5) is 23.7. The molecule has 8 heteroatoms. The van der Waals surface area contributed by atoms with Gasteiger partial charge in [0, 0.05) is 29.8 Å². The van der Waals surface area contributed by atoms with E-state index in [0.29, 0.717) is 11.9 Å². The highest BCUT2D eigenvalue weighted by Crippen LogP contribution is 2.40. The van der Waals surface area contributed by atoms with E-state index in [2.05, 4.69) is 21.6 Å². The Balaban J connectivity index is 1.46. The molecular weight excluding hydrogens is 344 g/mol. The van der Waals surface area contributed by atoms with Crippen LogP contribution in [-0.2, 0) is 22.4 Å². The number of carbonyl (C=O) groups is 1. The average molecular weight is 368 g/mol. The van der Waals surface area contributed by atoms with Crippen molar-refractivity contribution in [3.63, 3.8) is 0 Å². The maximum atomic E-state index is 12.1. The predicted octanol–water partition coefficient (Wildman–Crippen LogP) is 2.45. The molecule has 1 atom stereocenters. The van der Waals surface area contributed by atoms with Crippen LogP contribution in [0.5, 0.6) is 0 Å². The van der Waals surface area contributed by atoms with Crippen LogP contribution < -0.4 is 10.2 Å². The SMILES string of the molecule is COC(=O)C1CCCN1c1nc2c(c(Nc3cc(C4CC4)[nH]n3)n1)CCC2. The van der Waals surface area contributed by atoms with Gasteiger partial charge in [-0.1, -0.05) is 0 Å². The topological polar surface area (TPSA) is 96.0 Å². The summed E-state index contributed by atoms with van der Waals surface area (Å²) < 4.78 is 4.97. The fourth-order valence-electron chi connectivity index (χ4n) is 4.16. The van der Waals surface area contributed by atoms with Crippen molar-refractivity contribution < 1.29 is 9.53 Å². The second-order valence-corrected chi connectivity index (χ2v) is 7.63. The fraction of sp³-hybridized carbons (Fsp3) is 0.579. The summed E-state index contributed by atoms with van der Waals surface area (Å²) in [6.07, 6.45) is 7.18. The molecule has 1 aliphatic heterocycles. The van der Waals surface area contributed by atoms with Crippen molar-refractivity contribution in [1.82, 2.24) is 20.2 Å². The second kappa shape index (κ2) is 6.51. The highest BCUT2D eigenvalue weighted by atomic mass is 16.5. The van der Waals surface area contributed by atoms with Gasteiger partial charge >= 0.3 is 5.97 Å². The Labute approximate surface area is 157 Å². The summed E-state index contributed by atoms with van der Waals surface area (Å²) in [5.74, 6) is 2.64. The molecule has 3 heterocycles. The van der Waals surface area contributed by atoms with E-state index in [1.165, 1.54) is 31.2 Å². The number of aryl methyl sites for hydroxylation is 1. The molecule has 142 valence electrons. The van der Waals surface area contributed by atoms with Gasteiger partial charge in [-0.15, -0.1) is 0 Å². The number of nitrogens with one attached hydrogen (secondary N) is 2. The number of anilines is 3. The summed E-state index contributed by atoms with van der Waals surface area (Å²) in [5, 5.41) is 10.9. The van der Waals surface area contributed by atoms with Gasteiger partial charge in [0.2, 0.25) is 5.95 Å². The van der Waals surface area contributed by atoms with Crippen LogP contribution in [0.3, 0.4) is 0 Å². The zero-order chi connectivity index (χ0) is 18.4. The Morgan fingerprint density at radius 1 is 1.26 bits per heavy atom. The molecule has 2 aliphatic carbocycles. The van der Waals surface area contributed by atoms with Crippen LogP contribution in [0.25, 0.3) is 0 Å². The van der Waals surface area contributed by atoms with E-state index >= 15 is 0 Å². The van der Waals surface area contributed by atoms with Crippen molar-refractivity contribution in [2.45, 2.75) is 56.9 Å². The lowest BCUT2D eigenvalue weighted by Crippen LogP contribution is -2.38. The van der Waals surface area contributed by atoms with Crippen molar-refractivity contribution in [3.8, 4) is 0 Å². The molecule has 0 amide bonds. The van der Waals surface area contributed by atoms with Gasteiger partial charge in [0.1, 0.15) is 11.9 Å². The highest BCUT2D eigenvalue weighted by molar-refractivity contribution is 5.80. The number of carbonyl (C=O) groups excluding carboxylic acids is 1. The quantitative estimate of drug-likeness (QED) is 0.783. The maximum Gasteiger partial charge on any atom is 0.328 e. The minimum atomic E-state index is -0.297. The van der Waals surface area contributed by atoms with Crippen molar-refractivity contribution in [2.75, 3.05) is 23.9 Å². The smallest absolute Gasteiger partial charge is 0.328 e. The Hall–Kier alpha value is -2.64. The number of methoxy groups -OCH3 is 1. The minimum Gasteiger partial charge on any atom is -0.467 e. The molecule has 1 saturated heterocycles. The Kier molecular flexibility index (Phi) is 3.98. The molecular formula is C19H24N6O2. The molecule has 27 heavy (non-hydrogen) atoms. The average Bonchev–Trinajstić information content (AvgIpc) is 3.09. The maximum absolute atomic E-state index is 12.1. The summed E-state index contributed by atoms with van der Waals surface area (Å²) in [6.45, 7) is 0.770. The first-order valence-corrected chi connectivity index (χ1v) is 9.79. The van der Waals surface area contributed by atoms with Crippen LogP contribution in [0.4, 0.5) is 17.6 Å².